The maximum atomic E-state index is 12.7. The molecule has 0 aromatic heterocycles. The fraction of sp³-hybridized carbons (Fsp3) is 0.370. The van der Waals surface area contributed by atoms with Gasteiger partial charge in [-0.15, -0.1) is 0 Å². The second-order valence-electron chi connectivity index (χ2n) is 8.63. The zero-order valence-corrected chi connectivity index (χ0v) is 19.5. The van der Waals surface area contributed by atoms with Crippen molar-refractivity contribution in [2.75, 3.05) is 36.5 Å². The minimum atomic E-state index is -0.458. The molecule has 1 fully saturated rings. The summed E-state index contributed by atoms with van der Waals surface area (Å²) in [6.07, 6.45) is 1.86. The summed E-state index contributed by atoms with van der Waals surface area (Å²) in [5.41, 5.74) is 2.25. The van der Waals surface area contributed by atoms with Gasteiger partial charge in [-0.2, -0.15) is 0 Å². The van der Waals surface area contributed by atoms with Crippen molar-refractivity contribution in [3.63, 3.8) is 0 Å². The Morgan fingerprint density at radius 2 is 1.59 bits per heavy atom. The molecule has 0 spiro atoms. The van der Waals surface area contributed by atoms with Crippen molar-refractivity contribution in [1.82, 2.24) is 4.90 Å². The summed E-state index contributed by atoms with van der Waals surface area (Å²) in [6.45, 7) is 4.43. The van der Waals surface area contributed by atoms with Crippen molar-refractivity contribution in [1.29, 1.82) is 0 Å². The number of carbonyl (C=O) groups excluding carboxylic acids is 1. The Morgan fingerprint density at radius 1 is 0.971 bits per heavy atom. The molecule has 7 heteroatoms. The number of ether oxygens (including phenoxy) is 1. The third-order valence-corrected chi connectivity index (χ3v) is 6.30. The normalized spacial score (nSPS) is 14.2. The summed E-state index contributed by atoms with van der Waals surface area (Å²) in [4.78, 5) is 40.9. The Labute approximate surface area is 199 Å². The van der Waals surface area contributed by atoms with Gasteiger partial charge in [-0.1, -0.05) is 60.7 Å². The van der Waals surface area contributed by atoms with Crippen LogP contribution in [0.25, 0.3) is 0 Å². The first-order chi connectivity index (χ1) is 16.6. The molecule has 1 amide bonds. The van der Waals surface area contributed by atoms with Gasteiger partial charge in [0, 0.05) is 32.2 Å². The molecule has 1 aliphatic rings. The summed E-state index contributed by atoms with van der Waals surface area (Å²) in [5, 5.41) is 3.33. The Balaban J connectivity index is 1.48. The first-order valence-electron chi connectivity index (χ1n) is 11.9. The number of amides is 1. The highest BCUT2D eigenvalue weighted by atomic mass is 16.6. The lowest BCUT2D eigenvalue weighted by atomic mass is 10.0. The fourth-order valence-electron chi connectivity index (χ4n) is 4.42. The van der Waals surface area contributed by atoms with Gasteiger partial charge in [0.2, 0.25) is 0 Å². The number of nitrogens with one attached hydrogen (secondary N) is 1. The van der Waals surface area contributed by atoms with Crippen LogP contribution in [0.2, 0.25) is 0 Å². The van der Waals surface area contributed by atoms with Crippen LogP contribution in [0.1, 0.15) is 30.9 Å². The van der Waals surface area contributed by atoms with Gasteiger partial charge < -0.3 is 19.9 Å². The van der Waals surface area contributed by atoms with E-state index in [0.29, 0.717) is 57.0 Å². The molecular weight excluding hydrogens is 430 g/mol. The molecule has 4 rings (SSSR count). The minimum Gasteiger partial charge on any atom is -0.450 e. The van der Waals surface area contributed by atoms with E-state index >= 15 is 0 Å². The molecule has 1 aliphatic heterocycles. The van der Waals surface area contributed by atoms with Crippen LogP contribution in [0, 0.1) is 0 Å². The highest BCUT2D eigenvalue weighted by molar-refractivity contribution is 5.75. The molecule has 7 nitrogen and oxygen atoms in total. The van der Waals surface area contributed by atoms with Gasteiger partial charge in [0.25, 0.3) is 10.9 Å². The summed E-state index contributed by atoms with van der Waals surface area (Å²) in [7, 11) is 0. The Morgan fingerprint density at radius 3 is 2.21 bits per heavy atom. The second-order valence-corrected chi connectivity index (χ2v) is 8.63. The molecule has 34 heavy (non-hydrogen) atoms. The number of hydrogen-bond acceptors (Lipinski definition) is 6. The first kappa shape index (κ1) is 23.5. The Bertz CT molecular complexity index is 1150. The molecule has 0 aliphatic carbocycles. The molecule has 0 unspecified atom stereocenters. The number of carbonyl (C=O) groups is 1. The summed E-state index contributed by atoms with van der Waals surface area (Å²) >= 11 is 0. The van der Waals surface area contributed by atoms with Gasteiger partial charge in [0.15, 0.2) is 0 Å². The van der Waals surface area contributed by atoms with Gasteiger partial charge in [-0.05, 0) is 37.3 Å². The minimum absolute atomic E-state index is 0.0282. The summed E-state index contributed by atoms with van der Waals surface area (Å²) < 4.78 is 5.08. The topological polar surface area (TPSA) is 79.0 Å². The van der Waals surface area contributed by atoms with E-state index in [1.54, 1.807) is 11.8 Å². The quantitative estimate of drug-likeness (QED) is 0.491. The molecular formula is C27H31N3O4. The predicted molar refractivity (Wildman–Crippen MR) is 134 cm³/mol. The van der Waals surface area contributed by atoms with Crippen LogP contribution in [-0.2, 0) is 17.7 Å². The third kappa shape index (κ3) is 5.47. The average Bonchev–Trinajstić information content (AvgIpc) is 2.88. The van der Waals surface area contributed by atoms with Crippen LogP contribution in [-0.4, -0.2) is 43.3 Å². The number of rotatable bonds is 9. The molecule has 0 radical (unpaired) electrons. The van der Waals surface area contributed by atoms with Crippen molar-refractivity contribution < 1.29 is 9.53 Å². The molecule has 0 atom stereocenters. The molecule has 0 bridgehead atoms. The summed E-state index contributed by atoms with van der Waals surface area (Å²) in [5.74, 6) is 0. The van der Waals surface area contributed by atoms with Crippen LogP contribution in [0.15, 0.2) is 70.3 Å². The Hall–Kier alpha value is -3.61. The van der Waals surface area contributed by atoms with Crippen molar-refractivity contribution >= 4 is 17.5 Å². The van der Waals surface area contributed by atoms with Crippen LogP contribution in [0.4, 0.5) is 16.2 Å². The third-order valence-electron chi connectivity index (χ3n) is 6.30. The van der Waals surface area contributed by atoms with Crippen LogP contribution in [0.3, 0.4) is 0 Å². The zero-order chi connectivity index (χ0) is 23.9. The van der Waals surface area contributed by atoms with Gasteiger partial charge in [0.1, 0.15) is 11.4 Å². The SMILES string of the molecule is CCOC(=O)N1CCC(Nc2c(N(CCc3ccccc3)Cc3ccccc3)c(=O)c2=O)CC1. The van der Waals surface area contributed by atoms with Crippen molar-refractivity contribution in [3.8, 4) is 0 Å². The lowest BCUT2D eigenvalue weighted by Crippen LogP contribution is -2.47. The highest BCUT2D eigenvalue weighted by Gasteiger charge is 2.30. The van der Waals surface area contributed by atoms with Crippen molar-refractivity contribution in [2.24, 2.45) is 0 Å². The molecule has 178 valence electrons. The zero-order valence-electron chi connectivity index (χ0n) is 19.5. The molecule has 3 aromatic rings. The predicted octanol–water partition coefficient (Wildman–Crippen LogP) is 3.56. The van der Waals surface area contributed by atoms with Gasteiger partial charge >= 0.3 is 6.09 Å². The Kier molecular flexibility index (Phi) is 7.62. The largest absolute Gasteiger partial charge is 0.450 e. The van der Waals surface area contributed by atoms with E-state index in [2.05, 4.69) is 17.4 Å². The average molecular weight is 462 g/mol. The molecule has 1 N–H and O–H groups in total. The number of hydrogen-bond donors (Lipinski definition) is 1. The number of likely N-dealkylation sites (tertiary alicyclic amines) is 1. The van der Waals surface area contributed by atoms with Crippen LogP contribution < -0.4 is 21.1 Å². The standard InChI is InChI=1S/C27H31N3O4/c1-2-34-27(33)29-17-14-22(15-18-29)28-23-24(26(32)25(23)31)30(19-21-11-7-4-8-12-21)16-13-20-9-5-3-6-10-20/h3-12,22,28H,2,13-19H2,1H3. The fourth-order valence-corrected chi connectivity index (χ4v) is 4.42. The van der Waals surface area contributed by atoms with Crippen LogP contribution >= 0.6 is 0 Å². The first-order valence-corrected chi connectivity index (χ1v) is 11.9. The maximum absolute atomic E-state index is 12.7. The van der Waals surface area contributed by atoms with E-state index in [4.69, 9.17) is 4.74 Å². The monoisotopic (exact) mass is 461 g/mol. The van der Waals surface area contributed by atoms with E-state index in [9.17, 15) is 14.4 Å². The molecule has 1 saturated heterocycles. The van der Waals surface area contributed by atoms with E-state index < -0.39 is 10.9 Å². The smallest absolute Gasteiger partial charge is 0.409 e. The lowest BCUT2D eigenvalue weighted by molar-refractivity contribution is 0.0983. The van der Waals surface area contributed by atoms with E-state index in [1.807, 2.05) is 53.4 Å². The highest BCUT2D eigenvalue weighted by Crippen LogP contribution is 2.26. The van der Waals surface area contributed by atoms with E-state index in [0.717, 1.165) is 12.0 Å². The number of anilines is 2. The van der Waals surface area contributed by atoms with Crippen molar-refractivity contribution in [3.05, 3.63) is 92.2 Å². The van der Waals surface area contributed by atoms with Gasteiger partial charge in [-0.3, -0.25) is 9.59 Å². The van der Waals surface area contributed by atoms with Gasteiger partial charge in [-0.25, -0.2) is 4.79 Å². The van der Waals surface area contributed by atoms with E-state index in [1.165, 1.54) is 5.56 Å². The van der Waals surface area contributed by atoms with Crippen LogP contribution in [0.5, 0.6) is 0 Å². The maximum Gasteiger partial charge on any atom is 0.409 e. The second kappa shape index (κ2) is 11.0. The molecule has 0 saturated carbocycles. The number of nitrogens with zero attached hydrogens (tertiary/aromatic N) is 2. The molecule has 1 heterocycles. The van der Waals surface area contributed by atoms with Gasteiger partial charge in [0.05, 0.1) is 6.61 Å². The number of benzene rings is 2. The number of piperidine rings is 1. The molecule has 3 aromatic carbocycles. The van der Waals surface area contributed by atoms with E-state index in [-0.39, 0.29) is 12.1 Å². The van der Waals surface area contributed by atoms with Crippen molar-refractivity contribution in [2.45, 2.75) is 38.8 Å². The lowest BCUT2D eigenvalue weighted by Gasteiger charge is -2.34. The summed E-state index contributed by atoms with van der Waals surface area (Å²) in [6, 6.07) is 20.1.